The van der Waals surface area contributed by atoms with Gasteiger partial charge in [-0.15, -0.1) is 0 Å². The van der Waals surface area contributed by atoms with E-state index in [9.17, 15) is 18.0 Å². The fourth-order valence-electron chi connectivity index (χ4n) is 4.39. The van der Waals surface area contributed by atoms with Crippen LogP contribution in [-0.2, 0) is 16.1 Å². The molecule has 0 radical (unpaired) electrons. The lowest BCUT2D eigenvalue weighted by atomic mass is 9.76. The van der Waals surface area contributed by atoms with Gasteiger partial charge in [0.25, 0.3) is 0 Å². The first-order valence-corrected chi connectivity index (χ1v) is 10.7. The van der Waals surface area contributed by atoms with Gasteiger partial charge in [-0.05, 0) is 83.5 Å². The summed E-state index contributed by atoms with van der Waals surface area (Å²) in [6.45, 7) is 9.35. The van der Waals surface area contributed by atoms with Crippen LogP contribution in [0.3, 0.4) is 0 Å². The Hall–Kier alpha value is -2.16. The number of hydrogen-bond donors (Lipinski definition) is 2. The van der Waals surface area contributed by atoms with Gasteiger partial charge >= 0.3 is 12.1 Å². The first kappa shape index (κ1) is 25.1. The molecule has 1 atom stereocenters. The quantitative estimate of drug-likeness (QED) is 0.737. The summed E-state index contributed by atoms with van der Waals surface area (Å²) in [5.41, 5.74) is 2.68. The predicted octanol–water partition coefficient (Wildman–Crippen LogP) is 3.93. The highest BCUT2D eigenvalue weighted by Gasteiger charge is 2.43. The normalized spacial score (nSPS) is 20.9. The first-order chi connectivity index (χ1) is 14.4. The van der Waals surface area contributed by atoms with Crippen LogP contribution in [0.2, 0.25) is 0 Å². The molecule has 1 spiro atoms. The van der Waals surface area contributed by atoms with Gasteiger partial charge in [0.2, 0.25) is 5.91 Å². The number of likely N-dealkylation sites (tertiary alicyclic amines) is 1. The van der Waals surface area contributed by atoms with Crippen LogP contribution in [0.4, 0.5) is 13.2 Å². The van der Waals surface area contributed by atoms with Crippen LogP contribution in [0, 0.1) is 18.3 Å². The van der Waals surface area contributed by atoms with Crippen LogP contribution in [0.5, 0.6) is 0 Å². The van der Waals surface area contributed by atoms with Crippen molar-refractivity contribution < 1.29 is 27.9 Å². The first-order valence-electron chi connectivity index (χ1n) is 10.7. The molecule has 1 amide bonds. The SMILES string of the molecule is Cc1cccc(CN2CCC3(CCC(C(=O)NC(C)C)C3)CC2)n1.O=C(O)C(F)(F)F. The summed E-state index contributed by atoms with van der Waals surface area (Å²) in [7, 11) is 0. The number of pyridine rings is 1. The molecule has 0 aromatic carbocycles. The Labute approximate surface area is 181 Å². The molecular weight excluding hydrogens is 411 g/mol. The zero-order valence-electron chi connectivity index (χ0n) is 18.3. The van der Waals surface area contributed by atoms with Gasteiger partial charge in [-0.25, -0.2) is 4.79 Å². The van der Waals surface area contributed by atoms with Crippen molar-refractivity contribution in [2.45, 2.75) is 71.6 Å². The number of aryl methyl sites for hydroxylation is 1. The number of carbonyl (C=O) groups is 2. The number of rotatable bonds is 4. The Morgan fingerprint density at radius 2 is 1.87 bits per heavy atom. The number of aromatic nitrogens is 1. The predicted molar refractivity (Wildman–Crippen MR) is 110 cm³/mol. The lowest BCUT2D eigenvalue weighted by Crippen LogP contribution is -2.40. The third-order valence-corrected chi connectivity index (χ3v) is 6.00. The smallest absolute Gasteiger partial charge is 0.475 e. The summed E-state index contributed by atoms with van der Waals surface area (Å²) in [4.78, 5) is 28.3. The van der Waals surface area contributed by atoms with E-state index in [1.54, 1.807) is 0 Å². The standard InChI is InChI=1S/C20H31N3O.C2HF3O2/c1-15(2)21-19(24)17-7-8-20(13-17)9-11-23(12-10-20)14-18-6-4-5-16(3)22-18;3-2(4,5)1(6)7/h4-6,15,17H,7-14H2,1-3H3,(H,21,24);(H,6,7). The number of nitrogens with zero attached hydrogens (tertiary/aromatic N) is 2. The molecule has 1 unspecified atom stereocenters. The van der Waals surface area contributed by atoms with Gasteiger partial charge in [0.1, 0.15) is 0 Å². The zero-order chi connectivity index (χ0) is 23.2. The average Bonchev–Trinajstić information content (AvgIpc) is 3.07. The van der Waals surface area contributed by atoms with Crippen LogP contribution in [0.1, 0.15) is 57.3 Å². The topological polar surface area (TPSA) is 82.5 Å². The van der Waals surface area contributed by atoms with Crippen molar-refractivity contribution in [1.82, 2.24) is 15.2 Å². The Balaban J connectivity index is 0.000000423. The van der Waals surface area contributed by atoms with E-state index in [4.69, 9.17) is 9.90 Å². The van der Waals surface area contributed by atoms with Gasteiger partial charge < -0.3 is 10.4 Å². The molecule has 1 saturated heterocycles. The molecule has 2 N–H and O–H groups in total. The molecule has 1 aliphatic carbocycles. The second-order valence-corrected chi connectivity index (χ2v) is 8.95. The lowest BCUT2D eigenvalue weighted by Gasteiger charge is -2.39. The van der Waals surface area contributed by atoms with Crippen molar-refractivity contribution in [3.8, 4) is 0 Å². The average molecular weight is 444 g/mol. The van der Waals surface area contributed by atoms with Crippen molar-refractivity contribution in [1.29, 1.82) is 0 Å². The monoisotopic (exact) mass is 443 g/mol. The van der Waals surface area contributed by atoms with E-state index in [2.05, 4.69) is 40.3 Å². The number of carboxylic acids is 1. The second kappa shape index (κ2) is 10.4. The van der Waals surface area contributed by atoms with Crippen molar-refractivity contribution in [2.75, 3.05) is 13.1 Å². The van der Waals surface area contributed by atoms with Gasteiger partial charge in [0, 0.05) is 24.2 Å². The number of carbonyl (C=O) groups excluding carboxylic acids is 1. The Kier molecular flexibility index (Phi) is 8.45. The fraction of sp³-hybridized carbons (Fsp3) is 0.682. The molecule has 1 aromatic rings. The molecule has 0 bridgehead atoms. The maximum atomic E-state index is 12.3. The molecule has 6 nitrogen and oxygen atoms in total. The molecule has 1 aliphatic heterocycles. The number of aliphatic carboxylic acids is 1. The minimum absolute atomic E-state index is 0.234. The number of hydrogen-bond acceptors (Lipinski definition) is 4. The number of amides is 1. The Morgan fingerprint density at radius 3 is 2.39 bits per heavy atom. The van der Waals surface area contributed by atoms with E-state index >= 15 is 0 Å². The molecule has 31 heavy (non-hydrogen) atoms. The Bertz CT molecular complexity index is 760. The molecular formula is C22H32F3N3O3. The zero-order valence-corrected chi connectivity index (χ0v) is 18.3. The van der Waals surface area contributed by atoms with E-state index in [1.807, 2.05) is 13.8 Å². The van der Waals surface area contributed by atoms with Crippen molar-refractivity contribution >= 4 is 11.9 Å². The summed E-state index contributed by atoms with van der Waals surface area (Å²) in [6.07, 6.45) is 0.744. The second-order valence-electron chi connectivity index (χ2n) is 8.95. The number of halogens is 3. The fourth-order valence-corrected chi connectivity index (χ4v) is 4.39. The third-order valence-electron chi connectivity index (χ3n) is 6.00. The van der Waals surface area contributed by atoms with Crippen LogP contribution < -0.4 is 5.32 Å². The van der Waals surface area contributed by atoms with Crippen LogP contribution in [0.15, 0.2) is 18.2 Å². The van der Waals surface area contributed by atoms with E-state index in [0.717, 1.165) is 38.2 Å². The molecule has 2 aliphatic rings. The maximum Gasteiger partial charge on any atom is 0.490 e. The largest absolute Gasteiger partial charge is 0.490 e. The molecule has 3 rings (SSSR count). The summed E-state index contributed by atoms with van der Waals surface area (Å²) < 4.78 is 31.7. The number of piperidine rings is 1. The summed E-state index contributed by atoms with van der Waals surface area (Å²) in [5.74, 6) is -2.25. The van der Waals surface area contributed by atoms with Crippen molar-refractivity contribution in [3.05, 3.63) is 29.6 Å². The van der Waals surface area contributed by atoms with Gasteiger partial charge in [-0.2, -0.15) is 13.2 Å². The summed E-state index contributed by atoms with van der Waals surface area (Å²) in [6, 6.07) is 6.52. The molecule has 2 heterocycles. The minimum Gasteiger partial charge on any atom is -0.475 e. The van der Waals surface area contributed by atoms with E-state index in [-0.39, 0.29) is 17.9 Å². The van der Waals surface area contributed by atoms with Crippen LogP contribution in [0.25, 0.3) is 0 Å². The van der Waals surface area contributed by atoms with Crippen LogP contribution >= 0.6 is 0 Å². The third kappa shape index (κ3) is 7.79. The molecule has 174 valence electrons. The van der Waals surface area contributed by atoms with E-state index in [0.29, 0.717) is 5.41 Å². The van der Waals surface area contributed by atoms with Crippen LogP contribution in [-0.4, -0.2) is 52.2 Å². The van der Waals surface area contributed by atoms with Gasteiger partial charge in [0.05, 0.1) is 5.69 Å². The van der Waals surface area contributed by atoms with Crippen molar-refractivity contribution in [2.24, 2.45) is 11.3 Å². The lowest BCUT2D eigenvalue weighted by molar-refractivity contribution is -0.192. The summed E-state index contributed by atoms with van der Waals surface area (Å²) >= 11 is 0. The minimum atomic E-state index is -5.08. The molecule has 1 saturated carbocycles. The van der Waals surface area contributed by atoms with Gasteiger partial charge in [0.15, 0.2) is 0 Å². The maximum absolute atomic E-state index is 12.3. The highest BCUT2D eigenvalue weighted by atomic mass is 19.4. The van der Waals surface area contributed by atoms with E-state index in [1.165, 1.54) is 25.0 Å². The number of alkyl halides is 3. The van der Waals surface area contributed by atoms with Gasteiger partial charge in [-0.1, -0.05) is 6.07 Å². The molecule has 2 fully saturated rings. The van der Waals surface area contributed by atoms with Crippen molar-refractivity contribution in [3.63, 3.8) is 0 Å². The summed E-state index contributed by atoms with van der Waals surface area (Å²) in [5, 5.41) is 10.2. The molecule has 1 aromatic heterocycles. The number of nitrogens with one attached hydrogen (secondary N) is 1. The number of carboxylic acid groups (broad SMARTS) is 1. The Morgan fingerprint density at radius 1 is 1.26 bits per heavy atom. The molecule has 9 heteroatoms. The van der Waals surface area contributed by atoms with Gasteiger partial charge in [-0.3, -0.25) is 14.7 Å². The highest BCUT2D eigenvalue weighted by Crippen LogP contribution is 2.49. The van der Waals surface area contributed by atoms with E-state index < -0.39 is 12.1 Å². The highest BCUT2D eigenvalue weighted by molar-refractivity contribution is 5.79.